The minimum atomic E-state index is -0.308. The molecule has 0 radical (unpaired) electrons. The number of anilines is 2. The van der Waals surface area contributed by atoms with Crippen LogP contribution in [0.15, 0.2) is 24.7 Å². The Kier molecular flexibility index (Phi) is 6.62. The van der Waals surface area contributed by atoms with E-state index in [4.69, 9.17) is 0 Å². The van der Waals surface area contributed by atoms with Crippen LogP contribution in [0.1, 0.15) is 49.8 Å². The number of nitrogens with one attached hydrogen (secondary N) is 2. The van der Waals surface area contributed by atoms with Crippen molar-refractivity contribution in [2.75, 3.05) is 17.2 Å². The molecule has 1 aliphatic carbocycles. The lowest BCUT2D eigenvalue weighted by molar-refractivity contribution is 0.00926. The molecule has 0 aliphatic heterocycles. The Balaban J connectivity index is 1.63. The first-order valence-corrected chi connectivity index (χ1v) is 9.90. The zero-order chi connectivity index (χ0) is 20.9. The lowest BCUT2D eigenvalue weighted by Gasteiger charge is -2.40. The summed E-state index contributed by atoms with van der Waals surface area (Å²) in [7, 11) is 0. The molecule has 1 saturated carbocycles. The highest BCUT2D eigenvalue weighted by molar-refractivity contribution is 5.54. The second-order valence-corrected chi connectivity index (χ2v) is 8.23. The number of pyridine rings is 1. The van der Waals surface area contributed by atoms with Gasteiger partial charge in [-0.05, 0) is 42.2 Å². The Labute approximate surface area is 171 Å². The van der Waals surface area contributed by atoms with Gasteiger partial charge in [0.15, 0.2) is 0 Å². The largest absolute Gasteiger partial charge is 0.393 e. The molecule has 1 aliphatic rings. The number of nitrogens with zero attached hydrogens (tertiary/aromatic N) is 4. The molecule has 2 heterocycles. The molecular formula is C21H28N6O2. The van der Waals surface area contributed by atoms with E-state index in [9.17, 15) is 15.5 Å². The normalized spacial score (nSPS) is 20.7. The number of aromatic nitrogens is 3. The maximum atomic E-state index is 10.2. The van der Waals surface area contributed by atoms with Gasteiger partial charge in [-0.2, -0.15) is 10.2 Å². The molecular weight excluding hydrogens is 368 g/mol. The van der Waals surface area contributed by atoms with Crippen LogP contribution in [0.3, 0.4) is 0 Å². The molecule has 0 bridgehead atoms. The molecule has 0 spiro atoms. The van der Waals surface area contributed by atoms with Gasteiger partial charge in [-0.25, -0.2) is 4.98 Å². The maximum absolute atomic E-state index is 10.2. The zero-order valence-corrected chi connectivity index (χ0v) is 16.9. The Morgan fingerprint density at radius 3 is 2.76 bits per heavy atom. The van der Waals surface area contributed by atoms with Gasteiger partial charge >= 0.3 is 0 Å². The Hall–Kier alpha value is -2.76. The monoisotopic (exact) mass is 396 g/mol. The van der Waals surface area contributed by atoms with Crippen molar-refractivity contribution in [3.05, 3.63) is 41.3 Å². The van der Waals surface area contributed by atoms with Crippen LogP contribution in [-0.4, -0.2) is 43.9 Å². The van der Waals surface area contributed by atoms with Crippen LogP contribution >= 0.6 is 0 Å². The summed E-state index contributed by atoms with van der Waals surface area (Å²) in [6, 6.07) is 4.21. The molecule has 0 saturated heterocycles. The van der Waals surface area contributed by atoms with Crippen LogP contribution in [0.4, 0.5) is 11.8 Å². The van der Waals surface area contributed by atoms with Gasteiger partial charge < -0.3 is 20.8 Å². The minimum Gasteiger partial charge on any atom is -0.393 e. The minimum absolute atomic E-state index is 0.0307. The maximum Gasteiger partial charge on any atom is 0.224 e. The fourth-order valence-corrected chi connectivity index (χ4v) is 3.68. The third kappa shape index (κ3) is 5.40. The molecule has 29 heavy (non-hydrogen) atoms. The van der Waals surface area contributed by atoms with E-state index in [1.54, 1.807) is 12.4 Å². The summed E-state index contributed by atoms with van der Waals surface area (Å²) in [4.78, 5) is 12.8. The zero-order valence-electron chi connectivity index (χ0n) is 16.9. The second kappa shape index (κ2) is 9.16. The third-order valence-electron chi connectivity index (χ3n) is 5.44. The molecule has 154 valence electrons. The predicted molar refractivity (Wildman–Crippen MR) is 110 cm³/mol. The van der Waals surface area contributed by atoms with Crippen LogP contribution < -0.4 is 10.6 Å². The Morgan fingerprint density at radius 1 is 1.24 bits per heavy atom. The van der Waals surface area contributed by atoms with E-state index >= 15 is 0 Å². The van der Waals surface area contributed by atoms with Gasteiger partial charge in [0.2, 0.25) is 5.95 Å². The molecule has 3 rings (SSSR count). The van der Waals surface area contributed by atoms with Crippen molar-refractivity contribution in [1.29, 1.82) is 5.26 Å². The van der Waals surface area contributed by atoms with Crippen molar-refractivity contribution < 1.29 is 10.2 Å². The number of hydrogen-bond acceptors (Lipinski definition) is 8. The highest BCUT2D eigenvalue weighted by atomic mass is 16.3. The Morgan fingerprint density at radius 2 is 2.03 bits per heavy atom. The number of nitriles is 1. The first-order valence-electron chi connectivity index (χ1n) is 9.90. The fourth-order valence-electron chi connectivity index (χ4n) is 3.68. The topological polar surface area (TPSA) is 127 Å². The fraction of sp³-hybridized carbons (Fsp3) is 0.524. The van der Waals surface area contributed by atoms with Crippen LogP contribution in [0.5, 0.6) is 0 Å². The van der Waals surface area contributed by atoms with Crippen molar-refractivity contribution in [3.63, 3.8) is 0 Å². The van der Waals surface area contributed by atoms with Crippen molar-refractivity contribution in [1.82, 2.24) is 15.0 Å². The second-order valence-electron chi connectivity index (χ2n) is 8.23. The average Bonchev–Trinajstić information content (AvgIpc) is 2.71. The molecule has 1 fully saturated rings. The van der Waals surface area contributed by atoms with Crippen LogP contribution in [0.25, 0.3) is 0 Å². The van der Waals surface area contributed by atoms with Crippen LogP contribution in [0.2, 0.25) is 0 Å². The summed E-state index contributed by atoms with van der Waals surface area (Å²) < 4.78 is 0. The van der Waals surface area contributed by atoms with Gasteiger partial charge in [-0.3, -0.25) is 4.98 Å². The van der Waals surface area contributed by atoms with Crippen molar-refractivity contribution in [2.24, 2.45) is 5.41 Å². The van der Waals surface area contributed by atoms with Crippen molar-refractivity contribution in [3.8, 4) is 6.07 Å². The standard InChI is InChI=1S/C21H28N6O2/c1-21(2)8-17(3-4-18(21)29)26-19-16(9-22)12-25-20(27-19)24-6-5-14-7-15(13-28)11-23-10-14/h7,10-12,17-18,28-29H,3-6,8,13H2,1-2H3,(H2,24,25,26,27)/t17-,18+/m1/s1. The number of aliphatic hydroxyl groups is 2. The van der Waals surface area contributed by atoms with E-state index in [0.29, 0.717) is 30.3 Å². The van der Waals surface area contributed by atoms with Gasteiger partial charge in [0.05, 0.1) is 18.9 Å². The predicted octanol–water partition coefficient (Wildman–Crippen LogP) is 2.24. The molecule has 4 N–H and O–H groups in total. The van der Waals surface area contributed by atoms with Crippen molar-refractivity contribution in [2.45, 2.75) is 58.3 Å². The summed E-state index contributed by atoms with van der Waals surface area (Å²) in [5, 5.41) is 35.3. The van der Waals surface area contributed by atoms with E-state index < -0.39 is 0 Å². The van der Waals surface area contributed by atoms with Gasteiger partial charge in [0.25, 0.3) is 0 Å². The highest BCUT2D eigenvalue weighted by Gasteiger charge is 2.35. The highest BCUT2D eigenvalue weighted by Crippen LogP contribution is 2.36. The molecule has 8 nitrogen and oxygen atoms in total. The Bertz CT molecular complexity index is 880. The SMILES string of the molecule is CC1(C)C[C@H](Nc2nc(NCCc3cncc(CO)c3)ncc2C#N)CC[C@@H]1O. The molecule has 0 amide bonds. The van der Waals surface area contributed by atoms with Gasteiger partial charge in [-0.1, -0.05) is 19.9 Å². The molecule has 2 aromatic heterocycles. The summed E-state index contributed by atoms with van der Waals surface area (Å²) >= 11 is 0. The van der Waals surface area contributed by atoms with Crippen LogP contribution in [0, 0.1) is 16.7 Å². The van der Waals surface area contributed by atoms with Gasteiger partial charge in [-0.15, -0.1) is 0 Å². The summed E-state index contributed by atoms with van der Waals surface area (Å²) in [6.45, 7) is 4.69. The lowest BCUT2D eigenvalue weighted by Crippen LogP contribution is -2.41. The van der Waals surface area contributed by atoms with Crippen LogP contribution in [-0.2, 0) is 13.0 Å². The van der Waals surface area contributed by atoms with E-state index in [1.807, 2.05) is 6.07 Å². The summed E-state index contributed by atoms with van der Waals surface area (Å²) in [5.74, 6) is 0.971. The first-order chi connectivity index (χ1) is 13.9. The van der Waals surface area contributed by atoms with E-state index in [2.05, 4.69) is 45.5 Å². The lowest BCUT2D eigenvalue weighted by atomic mass is 9.73. The summed E-state index contributed by atoms with van der Waals surface area (Å²) in [5.41, 5.74) is 2.02. The molecule has 2 aromatic rings. The molecule has 0 unspecified atom stereocenters. The van der Waals surface area contributed by atoms with E-state index in [1.165, 1.54) is 6.20 Å². The van der Waals surface area contributed by atoms with Gasteiger partial charge in [0.1, 0.15) is 17.5 Å². The number of aliphatic hydroxyl groups excluding tert-OH is 2. The third-order valence-corrected chi connectivity index (χ3v) is 5.44. The van der Waals surface area contributed by atoms with Crippen molar-refractivity contribution >= 4 is 11.8 Å². The van der Waals surface area contributed by atoms with E-state index in [-0.39, 0.29) is 24.2 Å². The summed E-state index contributed by atoms with van der Waals surface area (Å²) in [6.07, 6.45) is 7.70. The van der Waals surface area contributed by atoms with E-state index in [0.717, 1.165) is 30.4 Å². The smallest absolute Gasteiger partial charge is 0.224 e. The quantitative estimate of drug-likeness (QED) is 0.561. The first kappa shape index (κ1) is 21.0. The number of rotatable bonds is 7. The van der Waals surface area contributed by atoms with Gasteiger partial charge in [0, 0.05) is 25.0 Å². The molecule has 0 aromatic carbocycles. The molecule has 8 heteroatoms. The average molecular weight is 396 g/mol. The number of hydrogen-bond donors (Lipinski definition) is 4. The molecule has 2 atom stereocenters.